The number of hydrogen-bond acceptors (Lipinski definition) is 9. The number of rotatable bonds is 7. The van der Waals surface area contributed by atoms with Crippen LogP contribution >= 0.6 is 27.7 Å². The molecule has 1 atom stereocenters. The summed E-state index contributed by atoms with van der Waals surface area (Å²) in [4.78, 5) is 31.2. The molecule has 186 valence electrons. The summed E-state index contributed by atoms with van der Waals surface area (Å²) in [5.41, 5.74) is 1.94. The molecule has 0 spiro atoms. The Balaban J connectivity index is 1.99. The average Bonchev–Trinajstić information content (AvgIpc) is 2.98. The van der Waals surface area contributed by atoms with Gasteiger partial charge in [-0.3, -0.25) is 14.5 Å². The van der Waals surface area contributed by atoms with Crippen molar-refractivity contribution in [3.05, 3.63) is 59.1 Å². The van der Waals surface area contributed by atoms with E-state index in [1.807, 2.05) is 25.1 Å². The maximum atomic E-state index is 13.1. The Labute approximate surface area is 221 Å². The number of amides is 1. The minimum absolute atomic E-state index is 0.146. The number of carbonyl (C=O) groups is 2. The van der Waals surface area contributed by atoms with Crippen molar-refractivity contribution in [2.24, 2.45) is 0 Å². The van der Waals surface area contributed by atoms with E-state index in [-0.39, 0.29) is 17.5 Å². The molecule has 36 heavy (non-hydrogen) atoms. The molecule has 0 bridgehead atoms. The van der Waals surface area contributed by atoms with E-state index in [1.165, 1.54) is 30.5 Å². The Morgan fingerprint density at radius 3 is 2.72 bits per heavy atom. The molecular weight excluding hydrogens is 548 g/mol. The van der Waals surface area contributed by atoms with Gasteiger partial charge in [-0.25, -0.2) is 0 Å². The van der Waals surface area contributed by atoms with Crippen molar-refractivity contribution in [2.75, 3.05) is 17.3 Å². The molecule has 0 N–H and O–H groups in total. The lowest BCUT2D eigenvalue weighted by Crippen LogP contribution is -2.36. The molecule has 1 amide bonds. The summed E-state index contributed by atoms with van der Waals surface area (Å²) in [6.07, 6.45) is 0.670. The van der Waals surface area contributed by atoms with Gasteiger partial charge in [-0.1, -0.05) is 52.0 Å². The van der Waals surface area contributed by atoms with Crippen LogP contribution in [0, 0.1) is 0 Å². The van der Waals surface area contributed by atoms with Crippen LogP contribution in [0.5, 0.6) is 17.4 Å². The van der Waals surface area contributed by atoms with Crippen molar-refractivity contribution in [1.82, 2.24) is 15.2 Å². The molecule has 0 saturated heterocycles. The Hall–Kier alpha value is -3.44. The first kappa shape index (κ1) is 25.6. The zero-order valence-electron chi connectivity index (χ0n) is 19.9. The summed E-state index contributed by atoms with van der Waals surface area (Å²) in [7, 11) is 0. The zero-order valence-corrected chi connectivity index (χ0v) is 22.3. The second kappa shape index (κ2) is 11.1. The number of benzene rings is 2. The molecule has 1 aliphatic rings. The van der Waals surface area contributed by atoms with E-state index in [9.17, 15) is 9.59 Å². The number of anilines is 1. The highest BCUT2D eigenvalue weighted by atomic mass is 79.9. The highest BCUT2D eigenvalue weighted by Crippen LogP contribution is 2.47. The maximum Gasteiger partial charge on any atom is 0.308 e. The Bertz CT molecular complexity index is 1340. The van der Waals surface area contributed by atoms with Crippen molar-refractivity contribution in [2.45, 2.75) is 32.2 Å². The molecular formula is C25H23BrN4O5S. The molecule has 1 aromatic heterocycles. The van der Waals surface area contributed by atoms with Gasteiger partial charge in [0.05, 0.1) is 17.9 Å². The van der Waals surface area contributed by atoms with Gasteiger partial charge in [0.1, 0.15) is 0 Å². The van der Waals surface area contributed by atoms with Crippen molar-refractivity contribution in [3.8, 4) is 28.6 Å². The van der Waals surface area contributed by atoms with Crippen LogP contribution < -0.4 is 19.1 Å². The molecule has 3 aromatic rings. The number of para-hydroxylation sites is 1. The predicted octanol–water partition coefficient (Wildman–Crippen LogP) is 5.35. The highest BCUT2D eigenvalue weighted by molar-refractivity contribution is 9.10. The average molecular weight is 571 g/mol. The van der Waals surface area contributed by atoms with Crippen LogP contribution in [0.4, 0.5) is 5.69 Å². The van der Waals surface area contributed by atoms with Crippen LogP contribution in [0.2, 0.25) is 0 Å². The number of aromatic nitrogens is 3. The monoisotopic (exact) mass is 570 g/mol. The minimum atomic E-state index is -1.06. The molecule has 0 radical (unpaired) electrons. The largest absolute Gasteiger partial charge is 0.490 e. The molecule has 11 heteroatoms. The molecule has 0 aliphatic carbocycles. The Morgan fingerprint density at radius 2 is 2.03 bits per heavy atom. The van der Waals surface area contributed by atoms with Gasteiger partial charge in [-0.15, -0.1) is 16.8 Å². The number of thioether (sulfide) groups is 1. The quantitative estimate of drug-likeness (QED) is 0.161. The summed E-state index contributed by atoms with van der Waals surface area (Å²) >= 11 is 4.85. The third-order valence-corrected chi connectivity index (χ3v) is 6.33. The molecule has 2 aromatic carbocycles. The van der Waals surface area contributed by atoms with Crippen molar-refractivity contribution in [1.29, 1.82) is 0 Å². The molecule has 4 rings (SSSR count). The van der Waals surface area contributed by atoms with Crippen LogP contribution in [-0.2, 0) is 9.59 Å². The van der Waals surface area contributed by atoms with Gasteiger partial charge < -0.3 is 14.2 Å². The Kier molecular flexibility index (Phi) is 7.90. The molecule has 2 heterocycles. The third-order valence-electron chi connectivity index (χ3n) is 5.04. The standard InChI is InChI=1S/C25H23BrN4O5S/c1-5-11-36-25-27-23-21(28-29-25)17-9-7-8-10-19(17)30(14(3)31)24(35-23)18-12-16(26)13-20(33-6-2)22(18)34-15(4)32/h5,7-10,12-13,24H,1,6,11H2,2-4H3. The number of nitrogens with zero attached hydrogens (tertiary/aromatic N) is 4. The van der Waals surface area contributed by atoms with E-state index < -0.39 is 12.2 Å². The van der Waals surface area contributed by atoms with E-state index >= 15 is 0 Å². The van der Waals surface area contributed by atoms with Gasteiger partial charge in [0.15, 0.2) is 17.2 Å². The van der Waals surface area contributed by atoms with Gasteiger partial charge >= 0.3 is 5.97 Å². The normalized spacial score (nSPS) is 14.1. The number of fused-ring (bicyclic) bond motifs is 3. The van der Waals surface area contributed by atoms with Gasteiger partial charge in [0.25, 0.3) is 0 Å². The van der Waals surface area contributed by atoms with E-state index in [4.69, 9.17) is 14.2 Å². The first-order valence-electron chi connectivity index (χ1n) is 11.0. The van der Waals surface area contributed by atoms with E-state index in [0.717, 1.165) is 0 Å². The van der Waals surface area contributed by atoms with Gasteiger partial charge in [0, 0.05) is 29.6 Å². The van der Waals surface area contributed by atoms with E-state index in [1.54, 1.807) is 24.3 Å². The summed E-state index contributed by atoms with van der Waals surface area (Å²) in [6.45, 7) is 8.60. The van der Waals surface area contributed by atoms with Crippen LogP contribution in [0.1, 0.15) is 32.6 Å². The fraction of sp³-hybridized carbons (Fsp3) is 0.240. The molecule has 0 saturated carbocycles. The lowest BCUT2D eigenvalue weighted by molar-refractivity contribution is -0.132. The second-order valence-electron chi connectivity index (χ2n) is 7.57. The number of hydrogen-bond donors (Lipinski definition) is 0. The number of ether oxygens (including phenoxy) is 3. The highest BCUT2D eigenvalue weighted by Gasteiger charge is 2.37. The van der Waals surface area contributed by atoms with Gasteiger partial charge in [0.2, 0.25) is 23.2 Å². The smallest absolute Gasteiger partial charge is 0.308 e. The van der Waals surface area contributed by atoms with Crippen LogP contribution in [0.15, 0.2) is 58.7 Å². The second-order valence-corrected chi connectivity index (χ2v) is 9.48. The van der Waals surface area contributed by atoms with Gasteiger partial charge in [-0.2, -0.15) is 4.98 Å². The molecule has 1 aliphatic heterocycles. The number of esters is 1. The topological polar surface area (TPSA) is 104 Å². The first-order valence-corrected chi connectivity index (χ1v) is 12.8. The third kappa shape index (κ3) is 5.21. The number of halogens is 1. The van der Waals surface area contributed by atoms with E-state index in [0.29, 0.717) is 50.2 Å². The fourth-order valence-corrected chi connectivity index (χ4v) is 4.71. The summed E-state index contributed by atoms with van der Waals surface area (Å²) in [5, 5.41) is 9.00. The fourth-order valence-electron chi connectivity index (χ4n) is 3.74. The van der Waals surface area contributed by atoms with Gasteiger partial charge in [-0.05, 0) is 25.1 Å². The minimum Gasteiger partial charge on any atom is -0.490 e. The summed E-state index contributed by atoms with van der Waals surface area (Å²) in [6, 6.07) is 10.7. The molecule has 1 unspecified atom stereocenters. The van der Waals surface area contributed by atoms with Crippen molar-refractivity contribution < 1.29 is 23.8 Å². The molecule has 9 nitrogen and oxygen atoms in total. The predicted molar refractivity (Wildman–Crippen MR) is 139 cm³/mol. The van der Waals surface area contributed by atoms with Crippen LogP contribution in [0.3, 0.4) is 0 Å². The maximum absolute atomic E-state index is 13.1. The van der Waals surface area contributed by atoms with Crippen molar-refractivity contribution >= 4 is 45.3 Å². The van der Waals surface area contributed by atoms with Crippen LogP contribution in [-0.4, -0.2) is 39.4 Å². The van der Waals surface area contributed by atoms with Crippen molar-refractivity contribution in [3.63, 3.8) is 0 Å². The number of carbonyl (C=O) groups excluding carboxylic acids is 2. The van der Waals surface area contributed by atoms with E-state index in [2.05, 4.69) is 37.7 Å². The Morgan fingerprint density at radius 1 is 1.25 bits per heavy atom. The van der Waals surface area contributed by atoms with Crippen LogP contribution in [0.25, 0.3) is 11.3 Å². The lowest BCUT2D eigenvalue weighted by Gasteiger charge is -2.31. The molecule has 0 fully saturated rings. The summed E-state index contributed by atoms with van der Waals surface area (Å²) in [5.74, 6) is 0.388. The zero-order chi connectivity index (χ0) is 25.8. The first-order chi connectivity index (χ1) is 17.3. The SMILES string of the molecule is C=CCSc1nnc2c(n1)OC(c1cc(Br)cc(OCC)c1OC(C)=O)N(C(C)=O)c1ccccc1-2. The summed E-state index contributed by atoms with van der Waals surface area (Å²) < 4.78 is 18.4. The lowest BCUT2D eigenvalue weighted by atomic mass is 10.1.